The van der Waals surface area contributed by atoms with Gasteiger partial charge in [-0.1, -0.05) is 56.7 Å². The minimum atomic E-state index is -0.892. The van der Waals surface area contributed by atoms with Crippen LogP contribution in [0.1, 0.15) is 36.2 Å². The number of aliphatic imine (C=N–C) groups is 1. The fourth-order valence-electron chi connectivity index (χ4n) is 3.21. The molecule has 1 aliphatic heterocycles. The SMILES string of the molecule is CC[C@H](C)[C@H](NC(=O)c1c(F)cccc1F)C1=N[C@@H](Cc2ccccc2)CO1. The third kappa shape index (κ3) is 4.55. The lowest BCUT2D eigenvalue weighted by Gasteiger charge is -2.23. The molecule has 6 heteroatoms. The summed E-state index contributed by atoms with van der Waals surface area (Å²) >= 11 is 0. The molecule has 0 bridgehead atoms. The fourth-order valence-corrected chi connectivity index (χ4v) is 3.21. The minimum absolute atomic E-state index is 0.00647. The van der Waals surface area contributed by atoms with E-state index in [1.54, 1.807) is 0 Å². The number of amides is 1. The zero-order chi connectivity index (χ0) is 20.1. The first-order chi connectivity index (χ1) is 13.5. The summed E-state index contributed by atoms with van der Waals surface area (Å²) in [6.07, 6.45) is 1.48. The highest BCUT2D eigenvalue weighted by molar-refractivity contribution is 5.98. The quantitative estimate of drug-likeness (QED) is 0.777. The maximum Gasteiger partial charge on any atom is 0.257 e. The van der Waals surface area contributed by atoms with Crippen molar-refractivity contribution in [1.29, 1.82) is 0 Å². The zero-order valence-electron chi connectivity index (χ0n) is 16.0. The molecule has 0 unspecified atom stereocenters. The molecule has 0 aliphatic carbocycles. The van der Waals surface area contributed by atoms with Crippen LogP contribution in [0.2, 0.25) is 0 Å². The highest BCUT2D eigenvalue weighted by atomic mass is 19.1. The van der Waals surface area contributed by atoms with Gasteiger partial charge in [0.1, 0.15) is 29.8 Å². The first-order valence-corrected chi connectivity index (χ1v) is 9.48. The van der Waals surface area contributed by atoms with E-state index >= 15 is 0 Å². The molecule has 1 N–H and O–H groups in total. The van der Waals surface area contributed by atoms with E-state index in [1.807, 2.05) is 44.2 Å². The van der Waals surface area contributed by atoms with Crippen molar-refractivity contribution in [2.75, 3.05) is 6.61 Å². The molecule has 0 fully saturated rings. The van der Waals surface area contributed by atoms with Crippen molar-refractivity contribution >= 4 is 11.8 Å². The van der Waals surface area contributed by atoms with Crippen molar-refractivity contribution in [2.45, 2.75) is 38.8 Å². The van der Waals surface area contributed by atoms with Gasteiger partial charge in [-0.15, -0.1) is 0 Å². The maximum atomic E-state index is 14.0. The summed E-state index contributed by atoms with van der Waals surface area (Å²) in [4.78, 5) is 17.2. The van der Waals surface area contributed by atoms with Gasteiger partial charge in [0.2, 0.25) is 5.90 Å². The second-order valence-electron chi connectivity index (χ2n) is 7.06. The van der Waals surface area contributed by atoms with Crippen LogP contribution >= 0.6 is 0 Å². The van der Waals surface area contributed by atoms with Crippen LogP contribution in [0.3, 0.4) is 0 Å². The molecular weight excluding hydrogens is 362 g/mol. The molecule has 28 heavy (non-hydrogen) atoms. The fraction of sp³-hybridized carbons (Fsp3) is 0.364. The molecule has 2 aromatic rings. The number of benzene rings is 2. The van der Waals surface area contributed by atoms with Gasteiger partial charge in [-0.25, -0.2) is 13.8 Å². The molecule has 148 valence electrons. The van der Waals surface area contributed by atoms with E-state index in [9.17, 15) is 13.6 Å². The monoisotopic (exact) mass is 386 g/mol. The van der Waals surface area contributed by atoms with Crippen molar-refractivity contribution in [2.24, 2.45) is 10.9 Å². The van der Waals surface area contributed by atoms with Crippen molar-refractivity contribution < 1.29 is 18.3 Å². The third-order valence-corrected chi connectivity index (χ3v) is 5.00. The van der Waals surface area contributed by atoms with Crippen LogP contribution < -0.4 is 5.32 Å². The molecule has 0 radical (unpaired) electrons. The summed E-state index contributed by atoms with van der Waals surface area (Å²) in [5.41, 5.74) is 0.564. The van der Waals surface area contributed by atoms with Gasteiger partial charge in [0.25, 0.3) is 5.91 Å². The van der Waals surface area contributed by atoms with E-state index in [-0.39, 0.29) is 12.0 Å². The molecule has 1 aliphatic rings. The van der Waals surface area contributed by atoms with E-state index in [4.69, 9.17) is 4.74 Å². The number of carbonyl (C=O) groups excluding carboxylic acids is 1. The Hall–Kier alpha value is -2.76. The Bertz CT molecular complexity index is 835. The Balaban J connectivity index is 1.77. The van der Waals surface area contributed by atoms with Gasteiger partial charge in [0.05, 0.1) is 6.04 Å². The van der Waals surface area contributed by atoms with Gasteiger partial charge in [0.15, 0.2) is 0 Å². The van der Waals surface area contributed by atoms with Crippen LogP contribution in [0.15, 0.2) is 53.5 Å². The normalized spacial score (nSPS) is 18.1. The van der Waals surface area contributed by atoms with Crippen molar-refractivity contribution in [3.8, 4) is 0 Å². The first kappa shape index (κ1) is 20.0. The first-order valence-electron chi connectivity index (χ1n) is 9.48. The molecule has 0 aromatic heterocycles. The maximum absolute atomic E-state index is 14.0. The predicted octanol–water partition coefficient (Wildman–Crippen LogP) is 4.15. The lowest BCUT2D eigenvalue weighted by atomic mass is 9.98. The third-order valence-electron chi connectivity index (χ3n) is 5.00. The highest BCUT2D eigenvalue weighted by Crippen LogP contribution is 2.20. The molecule has 3 atom stereocenters. The second-order valence-corrected chi connectivity index (χ2v) is 7.06. The van der Waals surface area contributed by atoms with Gasteiger partial charge in [-0.05, 0) is 30.0 Å². The number of halogens is 2. The highest BCUT2D eigenvalue weighted by Gasteiger charge is 2.32. The van der Waals surface area contributed by atoms with Crippen molar-refractivity contribution in [3.63, 3.8) is 0 Å². The van der Waals surface area contributed by atoms with Gasteiger partial charge < -0.3 is 10.1 Å². The average molecular weight is 386 g/mol. The molecule has 1 amide bonds. The molecule has 3 rings (SSSR count). The summed E-state index contributed by atoms with van der Waals surface area (Å²) in [6, 6.07) is 12.7. The number of nitrogens with one attached hydrogen (secondary N) is 1. The topological polar surface area (TPSA) is 50.7 Å². The molecule has 0 saturated heterocycles. The van der Waals surface area contributed by atoms with Crippen LogP contribution in [0.4, 0.5) is 8.78 Å². The zero-order valence-corrected chi connectivity index (χ0v) is 16.0. The van der Waals surface area contributed by atoms with E-state index < -0.39 is 29.1 Å². The van der Waals surface area contributed by atoms with Crippen LogP contribution in [0.25, 0.3) is 0 Å². The summed E-state index contributed by atoms with van der Waals surface area (Å²) < 4.78 is 33.7. The number of nitrogens with zero attached hydrogens (tertiary/aromatic N) is 1. The molecule has 1 heterocycles. The largest absolute Gasteiger partial charge is 0.477 e. The number of hydrogen-bond acceptors (Lipinski definition) is 3. The van der Waals surface area contributed by atoms with Crippen molar-refractivity contribution in [3.05, 3.63) is 71.3 Å². The Kier molecular flexibility index (Phi) is 6.39. The molecule has 0 saturated carbocycles. The van der Waals surface area contributed by atoms with E-state index in [1.165, 1.54) is 6.07 Å². The Morgan fingerprint density at radius 1 is 1.18 bits per heavy atom. The summed E-state index contributed by atoms with van der Waals surface area (Å²) in [6.45, 7) is 4.34. The number of ether oxygens (including phenoxy) is 1. The average Bonchev–Trinajstić information content (AvgIpc) is 3.14. The van der Waals surface area contributed by atoms with Crippen molar-refractivity contribution in [1.82, 2.24) is 5.32 Å². The van der Waals surface area contributed by atoms with Gasteiger partial charge >= 0.3 is 0 Å². The van der Waals surface area contributed by atoms with Gasteiger partial charge in [-0.2, -0.15) is 0 Å². The number of hydrogen-bond donors (Lipinski definition) is 1. The number of rotatable bonds is 7. The molecule has 4 nitrogen and oxygen atoms in total. The van der Waals surface area contributed by atoms with Crippen LogP contribution in [0.5, 0.6) is 0 Å². The summed E-state index contributed by atoms with van der Waals surface area (Å²) in [5.74, 6) is -2.18. The Morgan fingerprint density at radius 2 is 1.86 bits per heavy atom. The smallest absolute Gasteiger partial charge is 0.257 e. The Morgan fingerprint density at radius 3 is 2.50 bits per heavy atom. The van der Waals surface area contributed by atoms with Crippen LogP contribution in [-0.4, -0.2) is 30.5 Å². The van der Waals surface area contributed by atoms with Crippen LogP contribution in [-0.2, 0) is 11.2 Å². The second kappa shape index (κ2) is 8.95. The Labute approximate surface area is 163 Å². The summed E-state index contributed by atoms with van der Waals surface area (Å²) in [5, 5.41) is 2.72. The number of carbonyl (C=O) groups is 1. The van der Waals surface area contributed by atoms with Gasteiger partial charge in [-0.3, -0.25) is 4.79 Å². The molecular formula is C22H24F2N2O2. The van der Waals surface area contributed by atoms with E-state index in [0.29, 0.717) is 12.5 Å². The standard InChI is InChI=1S/C22H24F2N2O2/c1-3-14(2)20(26-21(27)19-17(23)10-7-11-18(19)24)22-25-16(13-28-22)12-15-8-5-4-6-9-15/h4-11,14,16,20H,3,12-13H2,1-2H3,(H,26,27)/t14-,16-,20-/m0/s1. The molecule has 2 aromatic carbocycles. The lowest BCUT2D eigenvalue weighted by Crippen LogP contribution is -2.45. The van der Waals surface area contributed by atoms with Gasteiger partial charge in [0, 0.05) is 0 Å². The molecule has 0 spiro atoms. The van der Waals surface area contributed by atoms with E-state index in [2.05, 4.69) is 10.3 Å². The van der Waals surface area contributed by atoms with E-state index in [0.717, 1.165) is 30.5 Å². The van der Waals surface area contributed by atoms with Crippen LogP contribution in [0, 0.1) is 17.6 Å². The minimum Gasteiger partial charge on any atom is -0.477 e. The predicted molar refractivity (Wildman–Crippen MR) is 104 cm³/mol. The lowest BCUT2D eigenvalue weighted by molar-refractivity contribution is 0.0924. The summed E-state index contributed by atoms with van der Waals surface area (Å²) in [7, 11) is 0.